The molecule has 5 aromatic rings. The number of fused-ring (bicyclic) bond motifs is 1. The predicted molar refractivity (Wildman–Crippen MR) is 135 cm³/mol. The minimum absolute atomic E-state index is 0.00869. The highest BCUT2D eigenvalue weighted by Gasteiger charge is 2.34. The lowest BCUT2D eigenvalue weighted by Crippen LogP contribution is -2.46. The van der Waals surface area contributed by atoms with E-state index in [-0.39, 0.29) is 35.6 Å². The number of aromatic nitrogens is 4. The van der Waals surface area contributed by atoms with Gasteiger partial charge in [0.25, 0.3) is 0 Å². The normalized spacial score (nSPS) is 14.7. The fraction of sp³-hybridized carbons (Fsp3) is 0.250. The number of rotatable bonds is 7. The van der Waals surface area contributed by atoms with Crippen molar-refractivity contribution >= 4 is 11.1 Å². The van der Waals surface area contributed by atoms with Gasteiger partial charge in [-0.2, -0.15) is 4.39 Å². The number of hydrogen-bond donors (Lipinski definition) is 2. The van der Waals surface area contributed by atoms with E-state index >= 15 is 8.78 Å². The second-order valence-electron chi connectivity index (χ2n) is 9.69. The molecule has 6 rings (SSSR count). The smallest absolute Gasteiger partial charge is 0.231 e. The Bertz CT molecular complexity index is 1640. The number of hydrogen-bond acceptors (Lipinski definition) is 6. The van der Waals surface area contributed by atoms with Gasteiger partial charge in [-0.15, -0.1) is 10.2 Å². The van der Waals surface area contributed by atoms with Crippen LogP contribution in [0.1, 0.15) is 24.8 Å². The maximum absolute atomic E-state index is 15.5. The first kappa shape index (κ1) is 24.3. The maximum atomic E-state index is 15.5. The summed E-state index contributed by atoms with van der Waals surface area (Å²) in [6.07, 6.45) is 3.76. The number of nitrogens with one attached hydrogen (secondary N) is 1. The zero-order chi connectivity index (χ0) is 26.4. The maximum Gasteiger partial charge on any atom is 0.231 e. The van der Waals surface area contributed by atoms with Crippen molar-refractivity contribution in [1.82, 2.24) is 25.1 Å². The summed E-state index contributed by atoms with van der Waals surface area (Å²) in [5, 5.41) is 21.4. The average molecular weight is 520 g/mol. The highest BCUT2D eigenvalue weighted by atomic mass is 19.2. The highest BCUT2D eigenvalue weighted by Crippen LogP contribution is 2.41. The molecule has 0 radical (unpaired) electrons. The van der Waals surface area contributed by atoms with E-state index in [4.69, 9.17) is 4.42 Å². The van der Waals surface area contributed by atoms with Crippen molar-refractivity contribution in [3.63, 3.8) is 0 Å². The van der Waals surface area contributed by atoms with Crippen LogP contribution >= 0.6 is 0 Å². The van der Waals surface area contributed by atoms with Gasteiger partial charge in [0, 0.05) is 31.3 Å². The molecule has 7 nitrogen and oxygen atoms in total. The Hall–Kier alpha value is -4.02. The van der Waals surface area contributed by atoms with Crippen LogP contribution in [0, 0.1) is 17.5 Å². The van der Waals surface area contributed by atoms with E-state index in [1.807, 2.05) is 30.3 Å². The van der Waals surface area contributed by atoms with Crippen molar-refractivity contribution in [3.8, 4) is 34.0 Å². The van der Waals surface area contributed by atoms with Crippen LogP contribution in [0.5, 0.6) is 0 Å². The van der Waals surface area contributed by atoms with Crippen molar-refractivity contribution in [1.29, 1.82) is 0 Å². The van der Waals surface area contributed by atoms with Crippen LogP contribution in [0.15, 0.2) is 59.3 Å². The molecule has 0 aliphatic heterocycles. The number of aryl methyl sites for hydroxylation is 1. The quantitative estimate of drug-likeness (QED) is 0.300. The van der Waals surface area contributed by atoms with E-state index in [2.05, 4.69) is 20.5 Å². The molecular formula is C28H24F3N5O2. The van der Waals surface area contributed by atoms with Gasteiger partial charge >= 0.3 is 0 Å². The van der Waals surface area contributed by atoms with Crippen molar-refractivity contribution in [2.75, 3.05) is 6.54 Å². The molecule has 1 saturated carbocycles. The van der Waals surface area contributed by atoms with Crippen LogP contribution < -0.4 is 5.32 Å². The first-order valence-electron chi connectivity index (χ1n) is 12.3. The molecule has 2 aromatic heterocycles. The summed E-state index contributed by atoms with van der Waals surface area (Å²) in [6, 6.07) is 13.6. The van der Waals surface area contributed by atoms with E-state index in [9.17, 15) is 9.50 Å². The molecule has 38 heavy (non-hydrogen) atoms. The fourth-order valence-electron chi connectivity index (χ4n) is 4.87. The molecule has 10 heteroatoms. The largest absolute Gasteiger partial charge is 0.433 e. The SMILES string of the molecule is Cn1cnnc1-c1c(-c2ccccc2)ccc(F)c1-c1nc2cc(CNCC3(O)CCC3)c(F)c(F)c2o1. The van der Waals surface area contributed by atoms with Gasteiger partial charge in [-0.25, -0.2) is 13.8 Å². The summed E-state index contributed by atoms with van der Waals surface area (Å²) in [7, 11) is 1.72. The monoisotopic (exact) mass is 519 g/mol. The van der Waals surface area contributed by atoms with Gasteiger partial charge in [0.1, 0.15) is 17.7 Å². The van der Waals surface area contributed by atoms with Crippen LogP contribution in [0.25, 0.3) is 45.1 Å². The van der Waals surface area contributed by atoms with Crippen molar-refractivity contribution in [2.24, 2.45) is 7.05 Å². The van der Waals surface area contributed by atoms with Gasteiger partial charge in [0.2, 0.25) is 11.7 Å². The molecule has 1 fully saturated rings. The third-order valence-electron chi connectivity index (χ3n) is 7.08. The third kappa shape index (κ3) is 4.15. The molecule has 2 heterocycles. The number of nitrogens with zero attached hydrogens (tertiary/aromatic N) is 4. The van der Waals surface area contributed by atoms with Crippen molar-refractivity contribution < 1.29 is 22.7 Å². The number of halogens is 3. The minimum Gasteiger partial charge on any atom is -0.433 e. The molecule has 3 aromatic carbocycles. The Morgan fingerprint density at radius 2 is 1.84 bits per heavy atom. The van der Waals surface area contributed by atoms with E-state index < -0.39 is 28.6 Å². The third-order valence-corrected chi connectivity index (χ3v) is 7.08. The average Bonchev–Trinajstić information content (AvgIpc) is 3.52. The molecule has 0 amide bonds. The summed E-state index contributed by atoms with van der Waals surface area (Å²) in [6.45, 7) is 0.264. The molecule has 0 bridgehead atoms. The summed E-state index contributed by atoms with van der Waals surface area (Å²) in [5.74, 6) is -2.81. The summed E-state index contributed by atoms with van der Waals surface area (Å²) in [5.41, 5.74) is 0.623. The summed E-state index contributed by atoms with van der Waals surface area (Å²) < 4.78 is 52.8. The first-order chi connectivity index (χ1) is 18.3. The molecule has 0 spiro atoms. The Labute approximate surface area is 216 Å². The minimum atomic E-state index is -1.21. The number of oxazole rings is 1. The zero-order valence-electron chi connectivity index (χ0n) is 20.5. The standard InChI is InChI=1S/C28H24F3N5O2/c1-36-15-33-35-26(36)21-18(16-6-3-2-4-7-16)8-9-19(29)22(21)27-34-20-12-17(23(30)24(31)25(20)38-27)13-32-14-28(37)10-5-11-28/h2-4,6-9,12,15,32,37H,5,10-11,13-14H2,1H3. The Kier molecular flexibility index (Phi) is 6.00. The lowest BCUT2D eigenvalue weighted by Gasteiger charge is -2.36. The predicted octanol–water partition coefficient (Wildman–Crippen LogP) is 5.38. The molecule has 1 aliphatic carbocycles. The summed E-state index contributed by atoms with van der Waals surface area (Å²) >= 11 is 0. The second-order valence-corrected chi connectivity index (χ2v) is 9.69. The van der Waals surface area contributed by atoms with Crippen molar-refractivity contribution in [3.05, 3.63) is 77.9 Å². The van der Waals surface area contributed by atoms with E-state index in [1.165, 1.54) is 18.5 Å². The lowest BCUT2D eigenvalue weighted by molar-refractivity contribution is -0.0315. The van der Waals surface area contributed by atoms with Crippen LogP contribution in [0.3, 0.4) is 0 Å². The Morgan fingerprint density at radius 3 is 2.53 bits per heavy atom. The van der Waals surface area contributed by atoms with Gasteiger partial charge in [-0.1, -0.05) is 36.4 Å². The van der Waals surface area contributed by atoms with Gasteiger partial charge in [0.15, 0.2) is 17.2 Å². The van der Waals surface area contributed by atoms with Gasteiger partial charge in [-0.3, -0.25) is 0 Å². The van der Waals surface area contributed by atoms with Crippen LogP contribution in [0.4, 0.5) is 13.2 Å². The lowest BCUT2D eigenvalue weighted by atomic mass is 9.80. The van der Waals surface area contributed by atoms with Gasteiger partial charge < -0.3 is 19.4 Å². The molecule has 2 N–H and O–H groups in total. The van der Waals surface area contributed by atoms with E-state index in [0.717, 1.165) is 12.0 Å². The number of aliphatic hydroxyl groups is 1. The Balaban J connectivity index is 1.47. The summed E-state index contributed by atoms with van der Waals surface area (Å²) in [4.78, 5) is 4.38. The number of benzene rings is 3. The van der Waals surface area contributed by atoms with Gasteiger partial charge in [-0.05, 0) is 42.5 Å². The molecule has 1 aliphatic rings. The van der Waals surface area contributed by atoms with Crippen molar-refractivity contribution in [2.45, 2.75) is 31.4 Å². The fourth-order valence-corrected chi connectivity index (χ4v) is 4.87. The van der Waals surface area contributed by atoms with Gasteiger partial charge in [0.05, 0.1) is 11.2 Å². The zero-order valence-corrected chi connectivity index (χ0v) is 20.5. The van der Waals surface area contributed by atoms with Crippen LogP contribution in [-0.2, 0) is 13.6 Å². The van der Waals surface area contributed by atoms with E-state index in [1.54, 1.807) is 17.7 Å². The molecule has 194 valence electrons. The second kappa shape index (κ2) is 9.38. The highest BCUT2D eigenvalue weighted by molar-refractivity contribution is 5.92. The molecular weight excluding hydrogens is 495 g/mol. The first-order valence-corrected chi connectivity index (χ1v) is 12.3. The Morgan fingerprint density at radius 1 is 1.05 bits per heavy atom. The van der Waals surface area contributed by atoms with Crippen LogP contribution in [0.2, 0.25) is 0 Å². The topological polar surface area (TPSA) is 89.0 Å². The molecule has 0 saturated heterocycles. The molecule has 0 unspecified atom stereocenters. The van der Waals surface area contributed by atoms with Crippen LogP contribution in [-0.4, -0.2) is 37.0 Å². The van der Waals surface area contributed by atoms with E-state index in [0.29, 0.717) is 29.8 Å². The molecule has 0 atom stereocenters.